The van der Waals surface area contributed by atoms with Crippen molar-refractivity contribution in [3.63, 3.8) is 0 Å². The number of nitrogens with zero attached hydrogens (tertiary/aromatic N) is 1. The molecule has 1 aliphatic heterocycles. The Labute approximate surface area is 185 Å². The Morgan fingerprint density at radius 3 is 2.71 bits per heavy atom. The molecule has 5 nitrogen and oxygen atoms in total. The lowest BCUT2D eigenvalue weighted by Crippen LogP contribution is -2.37. The zero-order valence-electron chi connectivity index (χ0n) is 19.1. The summed E-state index contributed by atoms with van der Waals surface area (Å²) in [6.45, 7) is 10.9. The number of amidine groups is 1. The van der Waals surface area contributed by atoms with Gasteiger partial charge >= 0.3 is 6.02 Å². The Balaban J connectivity index is 1.70. The Bertz CT molecular complexity index is 992. The maximum absolute atomic E-state index is 12.5. The van der Waals surface area contributed by atoms with Gasteiger partial charge in [0.15, 0.2) is 6.61 Å². The molecule has 0 fully saturated rings. The summed E-state index contributed by atoms with van der Waals surface area (Å²) in [7, 11) is 0. The van der Waals surface area contributed by atoms with Crippen LogP contribution in [0.25, 0.3) is 6.08 Å². The van der Waals surface area contributed by atoms with E-state index in [0.717, 1.165) is 29.7 Å². The maximum atomic E-state index is 12.5. The second-order valence-electron chi connectivity index (χ2n) is 8.53. The first kappa shape index (κ1) is 22.6. The van der Waals surface area contributed by atoms with Gasteiger partial charge in [-0.25, -0.2) is 4.99 Å². The number of ether oxygens (including phenoxy) is 2. The highest BCUT2D eigenvalue weighted by Gasteiger charge is 2.24. The highest BCUT2D eigenvalue weighted by molar-refractivity contribution is 5.96. The second kappa shape index (κ2) is 9.82. The molecule has 0 radical (unpaired) electrons. The van der Waals surface area contributed by atoms with Crippen molar-refractivity contribution in [1.82, 2.24) is 5.32 Å². The van der Waals surface area contributed by atoms with Gasteiger partial charge in [0.2, 0.25) is 0 Å². The minimum Gasteiger partial charge on any atom is -0.483 e. The molecular formula is C26H32N2O3. The van der Waals surface area contributed by atoms with Crippen LogP contribution in [0.5, 0.6) is 11.5 Å². The Morgan fingerprint density at radius 2 is 1.97 bits per heavy atom. The molecule has 31 heavy (non-hydrogen) atoms. The van der Waals surface area contributed by atoms with Gasteiger partial charge < -0.3 is 9.47 Å². The summed E-state index contributed by atoms with van der Waals surface area (Å²) in [4.78, 5) is 16.7. The highest BCUT2D eigenvalue weighted by Crippen LogP contribution is 2.36. The van der Waals surface area contributed by atoms with Crippen molar-refractivity contribution < 1.29 is 14.3 Å². The van der Waals surface area contributed by atoms with Gasteiger partial charge in [-0.2, -0.15) is 0 Å². The molecule has 0 aromatic heterocycles. The van der Waals surface area contributed by atoms with Crippen molar-refractivity contribution in [2.75, 3.05) is 6.61 Å². The quantitative estimate of drug-likeness (QED) is 0.616. The molecule has 0 aliphatic carbocycles. The molecule has 5 heteroatoms. The third-order valence-corrected chi connectivity index (χ3v) is 5.97. The van der Waals surface area contributed by atoms with Crippen molar-refractivity contribution in [1.29, 1.82) is 0 Å². The number of para-hydroxylation sites is 1. The molecule has 1 aliphatic rings. The van der Waals surface area contributed by atoms with E-state index < -0.39 is 0 Å². The fourth-order valence-electron chi connectivity index (χ4n) is 3.32. The number of amides is 1. The van der Waals surface area contributed by atoms with Gasteiger partial charge in [0.05, 0.1) is 0 Å². The first-order valence-electron chi connectivity index (χ1n) is 10.9. The lowest BCUT2D eigenvalue weighted by molar-refractivity contribution is -0.121. The van der Waals surface area contributed by atoms with Gasteiger partial charge in [0.1, 0.15) is 11.5 Å². The normalized spacial score (nSPS) is 14.0. The monoisotopic (exact) mass is 420 g/mol. The van der Waals surface area contributed by atoms with Crippen LogP contribution in [0.15, 0.2) is 53.7 Å². The number of carbonyl (C=O) groups is 1. The molecule has 2 aromatic carbocycles. The van der Waals surface area contributed by atoms with Crippen molar-refractivity contribution >= 4 is 18.0 Å². The van der Waals surface area contributed by atoms with Crippen molar-refractivity contribution in [3.8, 4) is 11.5 Å². The fraction of sp³-hybridized carbons (Fsp3) is 0.385. The zero-order chi connectivity index (χ0) is 22.4. The fourth-order valence-corrected chi connectivity index (χ4v) is 3.32. The van der Waals surface area contributed by atoms with Crippen LogP contribution < -0.4 is 14.8 Å². The van der Waals surface area contributed by atoms with Gasteiger partial charge in [0.25, 0.3) is 5.91 Å². The Hall–Kier alpha value is -3.08. The van der Waals surface area contributed by atoms with E-state index >= 15 is 0 Å². The summed E-state index contributed by atoms with van der Waals surface area (Å²) in [5, 5.41) is 2.69. The van der Waals surface area contributed by atoms with Gasteiger partial charge in [-0.15, -0.1) is 0 Å². The van der Waals surface area contributed by atoms with Crippen LogP contribution in [0.2, 0.25) is 0 Å². The van der Waals surface area contributed by atoms with Crippen molar-refractivity contribution in [2.45, 2.75) is 58.8 Å². The molecule has 0 spiro atoms. The number of benzene rings is 2. The van der Waals surface area contributed by atoms with Crippen LogP contribution >= 0.6 is 0 Å². The molecule has 0 saturated heterocycles. The third kappa shape index (κ3) is 5.54. The average molecular weight is 421 g/mol. The summed E-state index contributed by atoms with van der Waals surface area (Å²) in [6, 6.07) is 14.0. The molecule has 164 valence electrons. The summed E-state index contributed by atoms with van der Waals surface area (Å²) >= 11 is 0. The average Bonchev–Trinajstić information content (AvgIpc) is 2.98. The minimum atomic E-state index is -0.321. The van der Waals surface area contributed by atoms with Crippen LogP contribution in [-0.4, -0.2) is 18.5 Å². The third-order valence-electron chi connectivity index (χ3n) is 5.97. The molecule has 1 unspecified atom stereocenters. The van der Waals surface area contributed by atoms with Gasteiger partial charge in [0, 0.05) is 17.3 Å². The number of carbonyl (C=O) groups excluding carboxylic acids is 1. The predicted octanol–water partition coefficient (Wildman–Crippen LogP) is 5.80. The summed E-state index contributed by atoms with van der Waals surface area (Å²) in [5.74, 6) is 1.54. The first-order valence-corrected chi connectivity index (χ1v) is 10.9. The van der Waals surface area contributed by atoms with E-state index in [1.54, 1.807) is 6.20 Å². The highest BCUT2D eigenvalue weighted by atomic mass is 16.5. The van der Waals surface area contributed by atoms with Crippen molar-refractivity contribution in [2.24, 2.45) is 4.99 Å². The van der Waals surface area contributed by atoms with Crippen molar-refractivity contribution in [3.05, 3.63) is 65.4 Å². The van der Waals surface area contributed by atoms with E-state index in [9.17, 15) is 4.79 Å². The molecule has 0 bridgehead atoms. The van der Waals surface area contributed by atoms with Crippen LogP contribution in [0.3, 0.4) is 0 Å². The number of nitrogens with one attached hydrogen (secondary N) is 1. The van der Waals surface area contributed by atoms with Crippen LogP contribution in [0.4, 0.5) is 0 Å². The molecule has 1 atom stereocenters. The van der Waals surface area contributed by atoms with E-state index in [2.05, 4.69) is 57.1 Å². The Kier molecular flexibility index (Phi) is 7.16. The summed E-state index contributed by atoms with van der Waals surface area (Å²) in [5.41, 5.74) is 3.26. The van der Waals surface area contributed by atoms with E-state index in [1.807, 2.05) is 36.4 Å². The molecule has 1 amide bonds. The molecule has 2 aromatic rings. The number of aliphatic imine (C=N–C) groups is 1. The number of rotatable bonds is 7. The maximum Gasteiger partial charge on any atom is 0.301 e. The van der Waals surface area contributed by atoms with E-state index in [-0.39, 0.29) is 24.0 Å². The predicted molar refractivity (Wildman–Crippen MR) is 126 cm³/mol. The van der Waals surface area contributed by atoms with Crippen LogP contribution in [0.1, 0.15) is 70.1 Å². The molecule has 1 heterocycles. The van der Waals surface area contributed by atoms with E-state index in [4.69, 9.17) is 9.47 Å². The van der Waals surface area contributed by atoms with Gasteiger partial charge in [-0.1, -0.05) is 65.0 Å². The number of fused-ring (bicyclic) bond motifs is 1. The lowest BCUT2D eigenvalue weighted by atomic mass is 9.80. The number of hydrogen-bond donors (Lipinski definition) is 1. The van der Waals surface area contributed by atoms with E-state index in [1.165, 1.54) is 5.56 Å². The Morgan fingerprint density at radius 1 is 1.19 bits per heavy atom. The van der Waals surface area contributed by atoms with E-state index in [0.29, 0.717) is 11.7 Å². The van der Waals surface area contributed by atoms with Gasteiger partial charge in [-0.05, 0) is 47.9 Å². The standard InChI is InChI=1S/C26H32N2O3/c1-6-18(3)20-12-13-23(21(16-20)26(4,5)7-2)30-17-24(29)28-25-27-15-14-19-10-8-9-11-22(19)31-25/h8-16,18H,6-7,17H2,1-5H3,(H,27,28,29). The minimum absolute atomic E-state index is 0.0573. The second-order valence-corrected chi connectivity index (χ2v) is 8.53. The molecule has 1 N–H and O–H groups in total. The van der Waals surface area contributed by atoms with Crippen LogP contribution in [0, 0.1) is 0 Å². The lowest BCUT2D eigenvalue weighted by Gasteiger charge is -2.27. The van der Waals surface area contributed by atoms with Gasteiger partial charge in [-0.3, -0.25) is 10.1 Å². The zero-order valence-corrected chi connectivity index (χ0v) is 19.1. The summed E-state index contributed by atoms with van der Waals surface area (Å²) in [6.07, 6.45) is 5.49. The first-order chi connectivity index (χ1) is 14.8. The summed E-state index contributed by atoms with van der Waals surface area (Å²) < 4.78 is 11.7. The SMILES string of the molecule is CCC(C)c1ccc(OCC(=O)NC2=NC=Cc3ccccc3O2)c(C(C)(C)CC)c1. The molecule has 0 saturated carbocycles. The largest absolute Gasteiger partial charge is 0.483 e. The molecule has 3 rings (SSSR count). The van der Waals surface area contributed by atoms with Crippen LogP contribution in [-0.2, 0) is 10.2 Å². The topological polar surface area (TPSA) is 59.9 Å². The smallest absolute Gasteiger partial charge is 0.301 e. The number of hydrogen-bond acceptors (Lipinski definition) is 4. The molecular weight excluding hydrogens is 388 g/mol.